The maximum atomic E-state index is 13.3. The average Bonchev–Trinajstić information content (AvgIpc) is 3.22. The molecule has 2 amide bonds. The summed E-state index contributed by atoms with van der Waals surface area (Å²) in [6.07, 6.45) is -1.77. The van der Waals surface area contributed by atoms with Crippen molar-refractivity contribution in [1.82, 2.24) is 10.6 Å². The Morgan fingerprint density at radius 2 is 1.46 bits per heavy atom. The average molecular weight is 531 g/mol. The molecule has 0 unspecified atom stereocenters. The molecule has 2 atom stereocenters. The quantitative estimate of drug-likeness (QED) is 0.326. The summed E-state index contributed by atoms with van der Waals surface area (Å²) in [6.45, 7) is 5.23. The molecule has 4 rings (SSSR count). The second-order valence-corrected chi connectivity index (χ2v) is 10.4. The summed E-state index contributed by atoms with van der Waals surface area (Å²) in [5.74, 6) is -1.73. The van der Waals surface area contributed by atoms with Gasteiger partial charge in [0.05, 0.1) is 19.1 Å². The van der Waals surface area contributed by atoms with Crippen molar-refractivity contribution >= 4 is 18.0 Å². The largest absolute Gasteiger partial charge is 0.481 e. The molecule has 0 spiro atoms. The number of rotatable bonds is 11. The number of hydrogen-bond acceptors (Lipinski definition) is 5. The molecular formula is C31H34N2O6. The lowest BCUT2D eigenvalue weighted by Crippen LogP contribution is -2.58. The van der Waals surface area contributed by atoms with Crippen molar-refractivity contribution < 1.29 is 29.0 Å². The Hall–Kier alpha value is -4.17. The van der Waals surface area contributed by atoms with Gasteiger partial charge in [0.15, 0.2) is 0 Å². The van der Waals surface area contributed by atoms with E-state index < -0.39 is 35.7 Å². The third-order valence-electron chi connectivity index (χ3n) is 6.78. The summed E-state index contributed by atoms with van der Waals surface area (Å²) in [4.78, 5) is 37.5. The van der Waals surface area contributed by atoms with Crippen LogP contribution < -0.4 is 10.6 Å². The molecule has 204 valence electrons. The molecule has 0 aromatic heterocycles. The Morgan fingerprint density at radius 3 is 2.05 bits per heavy atom. The van der Waals surface area contributed by atoms with Crippen molar-refractivity contribution in [2.24, 2.45) is 0 Å². The van der Waals surface area contributed by atoms with Crippen molar-refractivity contribution in [3.8, 4) is 11.1 Å². The third kappa shape index (κ3) is 7.03. The normalized spacial score (nSPS) is 14.0. The van der Waals surface area contributed by atoms with Crippen LogP contribution in [0.4, 0.5) is 4.79 Å². The van der Waals surface area contributed by atoms with Crippen LogP contribution in [-0.4, -0.2) is 47.4 Å². The molecular weight excluding hydrogens is 496 g/mol. The van der Waals surface area contributed by atoms with Crippen LogP contribution in [0.3, 0.4) is 0 Å². The molecule has 0 bridgehead atoms. The van der Waals surface area contributed by atoms with E-state index in [-0.39, 0.29) is 25.6 Å². The van der Waals surface area contributed by atoms with Gasteiger partial charge in [-0.2, -0.15) is 0 Å². The Bertz CT molecular complexity index is 1280. The minimum atomic E-state index is -1.11. The summed E-state index contributed by atoms with van der Waals surface area (Å²) in [5.41, 5.74) is 4.26. The zero-order valence-corrected chi connectivity index (χ0v) is 22.3. The zero-order valence-electron chi connectivity index (χ0n) is 22.3. The fourth-order valence-corrected chi connectivity index (χ4v) is 4.89. The molecule has 1 aliphatic carbocycles. The van der Waals surface area contributed by atoms with Crippen molar-refractivity contribution in [2.45, 2.75) is 57.4 Å². The maximum Gasteiger partial charge on any atom is 0.407 e. The Morgan fingerprint density at radius 1 is 0.897 bits per heavy atom. The number of carbonyl (C=O) groups excluding carboxylic acids is 2. The van der Waals surface area contributed by atoms with E-state index in [0.717, 1.165) is 27.8 Å². The monoisotopic (exact) mass is 530 g/mol. The van der Waals surface area contributed by atoms with Gasteiger partial charge in [0, 0.05) is 11.5 Å². The smallest absolute Gasteiger partial charge is 0.407 e. The molecule has 0 saturated heterocycles. The molecule has 0 fully saturated rings. The highest BCUT2D eigenvalue weighted by molar-refractivity contribution is 5.87. The lowest BCUT2D eigenvalue weighted by molar-refractivity contribution is -0.139. The highest BCUT2D eigenvalue weighted by Gasteiger charge is 2.34. The van der Waals surface area contributed by atoms with E-state index in [2.05, 4.69) is 22.8 Å². The molecule has 0 radical (unpaired) electrons. The Labute approximate surface area is 228 Å². The number of carboxylic acids is 1. The number of alkyl carbamates (subject to hydrolysis) is 1. The Kier molecular flexibility index (Phi) is 8.66. The lowest BCUT2D eigenvalue weighted by atomic mass is 9.98. The second kappa shape index (κ2) is 12.1. The van der Waals surface area contributed by atoms with Crippen LogP contribution in [0.5, 0.6) is 0 Å². The van der Waals surface area contributed by atoms with E-state index in [1.165, 1.54) is 0 Å². The van der Waals surface area contributed by atoms with Crippen LogP contribution in [0.25, 0.3) is 11.1 Å². The zero-order chi connectivity index (χ0) is 28.0. The van der Waals surface area contributed by atoms with Crippen LogP contribution >= 0.6 is 0 Å². The minimum absolute atomic E-state index is 0.0952. The molecule has 8 nitrogen and oxygen atoms in total. The predicted molar refractivity (Wildman–Crippen MR) is 147 cm³/mol. The van der Waals surface area contributed by atoms with Crippen LogP contribution in [0.1, 0.15) is 49.8 Å². The summed E-state index contributed by atoms with van der Waals surface area (Å²) >= 11 is 0. The summed E-state index contributed by atoms with van der Waals surface area (Å²) in [6, 6.07) is 24.4. The summed E-state index contributed by atoms with van der Waals surface area (Å²) in [7, 11) is 0. The molecule has 0 saturated carbocycles. The molecule has 1 aliphatic rings. The van der Waals surface area contributed by atoms with Gasteiger partial charge in [-0.3, -0.25) is 9.59 Å². The van der Waals surface area contributed by atoms with E-state index in [9.17, 15) is 19.5 Å². The van der Waals surface area contributed by atoms with Crippen LogP contribution in [0, 0.1) is 0 Å². The number of nitrogens with one attached hydrogen (secondary N) is 2. The number of benzene rings is 3. The van der Waals surface area contributed by atoms with E-state index in [0.29, 0.717) is 0 Å². The SMILES string of the molecule is C[C@H](OCc1ccccc1)[C@@H](NC(=O)OCC1c2ccccc2-c2ccccc21)C(=O)NC(C)(C)CC(=O)O. The topological polar surface area (TPSA) is 114 Å². The standard InChI is InChI=1S/C31H34N2O6/c1-20(38-18-21-11-5-4-6-12-21)28(29(36)33-31(2,3)17-27(34)35)32-30(37)39-19-26-24-15-9-7-13-22(24)23-14-8-10-16-25(23)26/h4-16,20,26,28H,17-19H2,1-3H3,(H,32,37)(H,33,36)(H,34,35)/t20-,28+/m0/s1. The molecule has 3 aromatic carbocycles. The van der Waals surface area contributed by atoms with Crippen molar-refractivity contribution in [3.63, 3.8) is 0 Å². The first-order valence-corrected chi connectivity index (χ1v) is 13.0. The fourth-order valence-electron chi connectivity index (χ4n) is 4.89. The van der Waals surface area contributed by atoms with Crippen LogP contribution in [0.15, 0.2) is 78.9 Å². The van der Waals surface area contributed by atoms with E-state index in [4.69, 9.17) is 9.47 Å². The lowest BCUT2D eigenvalue weighted by Gasteiger charge is -2.30. The summed E-state index contributed by atoms with van der Waals surface area (Å²) < 4.78 is 11.6. The van der Waals surface area contributed by atoms with Gasteiger partial charge in [0.25, 0.3) is 0 Å². The molecule has 0 aliphatic heterocycles. The Balaban J connectivity index is 1.45. The van der Waals surface area contributed by atoms with E-state index >= 15 is 0 Å². The molecule has 39 heavy (non-hydrogen) atoms. The molecule has 8 heteroatoms. The number of amides is 2. The van der Waals surface area contributed by atoms with Gasteiger partial charge in [-0.05, 0) is 48.6 Å². The minimum Gasteiger partial charge on any atom is -0.481 e. The van der Waals surface area contributed by atoms with Gasteiger partial charge >= 0.3 is 12.1 Å². The van der Waals surface area contributed by atoms with Crippen LogP contribution in [-0.2, 0) is 25.7 Å². The van der Waals surface area contributed by atoms with Gasteiger partial charge < -0.3 is 25.2 Å². The third-order valence-corrected chi connectivity index (χ3v) is 6.78. The molecule has 3 aromatic rings. The van der Waals surface area contributed by atoms with Gasteiger partial charge in [0.1, 0.15) is 12.6 Å². The molecule has 3 N–H and O–H groups in total. The van der Waals surface area contributed by atoms with Gasteiger partial charge in [0.2, 0.25) is 5.91 Å². The first-order chi connectivity index (χ1) is 18.6. The van der Waals surface area contributed by atoms with Crippen molar-refractivity contribution in [2.75, 3.05) is 6.61 Å². The van der Waals surface area contributed by atoms with Crippen LogP contribution in [0.2, 0.25) is 0 Å². The first kappa shape index (κ1) is 27.9. The highest BCUT2D eigenvalue weighted by Crippen LogP contribution is 2.44. The van der Waals surface area contributed by atoms with E-state index in [1.54, 1.807) is 20.8 Å². The highest BCUT2D eigenvalue weighted by atomic mass is 16.5. The number of fused-ring (bicyclic) bond motifs is 3. The predicted octanol–water partition coefficient (Wildman–Crippen LogP) is 4.87. The van der Waals surface area contributed by atoms with Gasteiger partial charge in [-0.1, -0.05) is 78.9 Å². The fraction of sp³-hybridized carbons (Fsp3) is 0.323. The first-order valence-electron chi connectivity index (χ1n) is 13.0. The number of carboxylic acid groups (broad SMARTS) is 1. The van der Waals surface area contributed by atoms with Crippen molar-refractivity contribution in [3.05, 3.63) is 95.6 Å². The second-order valence-electron chi connectivity index (χ2n) is 10.4. The maximum absolute atomic E-state index is 13.3. The van der Waals surface area contributed by atoms with Crippen molar-refractivity contribution in [1.29, 1.82) is 0 Å². The summed E-state index contributed by atoms with van der Waals surface area (Å²) in [5, 5.41) is 14.6. The number of carbonyl (C=O) groups is 3. The van der Waals surface area contributed by atoms with Gasteiger partial charge in [-0.25, -0.2) is 4.79 Å². The number of ether oxygens (including phenoxy) is 2. The number of hydrogen-bond donors (Lipinski definition) is 3. The van der Waals surface area contributed by atoms with Gasteiger partial charge in [-0.15, -0.1) is 0 Å². The number of aliphatic carboxylic acids is 1. The molecule has 0 heterocycles. The van der Waals surface area contributed by atoms with E-state index in [1.807, 2.05) is 66.7 Å².